The maximum absolute atomic E-state index is 12.3. The van der Waals surface area contributed by atoms with E-state index in [9.17, 15) is 9.59 Å². The number of ether oxygens (including phenoxy) is 1. The molecule has 0 atom stereocenters. The Hall–Kier alpha value is -2.49. The molecule has 0 amide bonds. The first kappa shape index (κ1) is 17.9. The van der Waals surface area contributed by atoms with E-state index in [1.807, 2.05) is 24.3 Å². The van der Waals surface area contributed by atoms with Crippen LogP contribution in [0.25, 0.3) is 11.1 Å². The molecule has 4 nitrogen and oxygen atoms in total. The summed E-state index contributed by atoms with van der Waals surface area (Å²) in [7, 11) is 0. The summed E-state index contributed by atoms with van der Waals surface area (Å²) in [5.74, 6) is -0.754. The van der Waals surface area contributed by atoms with E-state index in [1.165, 1.54) is 0 Å². The first-order valence-corrected chi connectivity index (χ1v) is 8.09. The molecule has 1 heterocycles. The molecule has 1 aromatic heterocycles. The van der Waals surface area contributed by atoms with Gasteiger partial charge in [-0.25, -0.2) is 0 Å². The van der Waals surface area contributed by atoms with Gasteiger partial charge >= 0.3 is 5.97 Å². The second-order valence-corrected chi connectivity index (χ2v) is 6.66. The van der Waals surface area contributed by atoms with Crippen molar-refractivity contribution in [1.82, 2.24) is 4.98 Å². The molecule has 0 aliphatic rings. The number of carbonyl (C=O) groups is 2. The van der Waals surface area contributed by atoms with Crippen molar-refractivity contribution in [3.8, 4) is 11.1 Å². The van der Waals surface area contributed by atoms with Gasteiger partial charge in [0.25, 0.3) is 0 Å². The Labute approximate surface area is 142 Å². The number of esters is 1. The Morgan fingerprint density at radius 2 is 1.83 bits per heavy atom. The molecule has 0 aliphatic carbocycles. The molecule has 0 fully saturated rings. The van der Waals surface area contributed by atoms with Gasteiger partial charge in [0, 0.05) is 23.0 Å². The van der Waals surface area contributed by atoms with Gasteiger partial charge in [-0.3, -0.25) is 14.6 Å². The van der Waals surface area contributed by atoms with Crippen LogP contribution in [0.15, 0.2) is 42.6 Å². The number of rotatable bonds is 5. The summed E-state index contributed by atoms with van der Waals surface area (Å²) in [6, 6.07) is 11.2. The molecule has 0 unspecified atom stereocenters. The number of Topliss-reactive ketones (excluding diaryl/α,β-unsaturated/α-hetero) is 1. The molecule has 0 N–H and O–H groups in total. The molecule has 0 spiro atoms. The monoisotopic (exact) mass is 325 g/mol. The minimum atomic E-state index is -0.591. The summed E-state index contributed by atoms with van der Waals surface area (Å²) in [4.78, 5) is 28.5. The smallest absolute Gasteiger partial charge is 0.314 e. The average molecular weight is 325 g/mol. The third kappa shape index (κ3) is 5.01. The second kappa shape index (κ2) is 7.39. The van der Waals surface area contributed by atoms with Crippen LogP contribution in [0.1, 0.15) is 50.2 Å². The Bertz CT molecular complexity index is 727. The van der Waals surface area contributed by atoms with Crippen LogP contribution in [0, 0.1) is 0 Å². The van der Waals surface area contributed by atoms with E-state index in [4.69, 9.17) is 4.74 Å². The molecule has 0 bridgehead atoms. The first-order chi connectivity index (χ1) is 11.3. The fourth-order valence-electron chi connectivity index (χ4n) is 2.29. The van der Waals surface area contributed by atoms with Crippen LogP contribution in [0.2, 0.25) is 0 Å². The quantitative estimate of drug-likeness (QED) is 0.469. The average Bonchev–Trinajstić information content (AvgIpc) is 2.53. The lowest BCUT2D eigenvalue weighted by molar-refractivity contribution is -0.153. The summed E-state index contributed by atoms with van der Waals surface area (Å²) < 4.78 is 5.20. The normalized spacial score (nSPS) is 11.2. The van der Waals surface area contributed by atoms with Crippen LogP contribution in [0.5, 0.6) is 0 Å². The lowest BCUT2D eigenvalue weighted by atomic mass is 10.0. The Morgan fingerprint density at radius 1 is 1.08 bits per heavy atom. The molecule has 2 rings (SSSR count). The summed E-state index contributed by atoms with van der Waals surface area (Å²) in [6.45, 7) is 7.40. The third-order valence-electron chi connectivity index (χ3n) is 3.43. The van der Waals surface area contributed by atoms with E-state index < -0.39 is 11.6 Å². The van der Waals surface area contributed by atoms with Crippen molar-refractivity contribution in [2.45, 2.75) is 46.1 Å². The van der Waals surface area contributed by atoms with Gasteiger partial charge in [0.1, 0.15) is 12.0 Å². The highest BCUT2D eigenvalue weighted by atomic mass is 16.6. The largest absolute Gasteiger partial charge is 0.460 e. The summed E-state index contributed by atoms with van der Waals surface area (Å²) in [6.07, 6.45) is 2.43. The van der Waals surface area contributed by atoms with Crippen LogP contribution in [0.3, 0.4) is 0 Å². The van der Waals surface area contributed by atoms with E-state index in [2.05, 4.69) is 11.9 Å². The first-order valence-electron chi connectivity index (χ1n) is 8.09. The van der Waals surface area contributed by atoms with Gasteiger partial charge < -0.3 is 4.74 Å². The zero-order chi connectivity index (χ0) is 17.7. The number of hydrogen-bond acceptors (Lipinski definition) is 4. The van der Waals surface area contributed by atoms with Crippen molar-refractivity contribution in [2.24, 2.45) is 0 Å². The minimum Gasteiger partial charge on any atom is -0.460 e. The standard InChI is InChI=1S/C20H23NO3/c1-5-17-10-9-16(13-21-17)14-7-6-8-15(11-14)18(22)12-19(23)24-20(2,3)4/h6-11,13H,5,12H2,1-4H3. The summed E-state index contributed by atoms with van der Waals surface area (Å²) >= 11 is 0. The molecule has 0 aliphatic heterocycles. The Balaban J connectivity index is 2.14. The van der Waals surface area contributed by atoms with Gasteiger partial charge in [0.05, 0.1) is 0 Å². The van der Waals surface area contributed by atoms with Gasteiger partial charge in [0.15, 0.2) is 5.78 Å². The van der Waals surface area contributed by atoms with Gasteiger partial charge in [-0.1, -0.05) is 31.2 Å². The lowest BCUT2D eigenvalue weighted by Crippen LogP contribution is -2.25. The van der Waals surface area contributed by atoms with Crippen LogP contribution in [-0.4, -0.2) is 22.3 Å². The zero-order valence-electron chi connectivity index (χ0n) is 14.6. The number of aryl methyl sites for hydroxylation is 1. The molecule has 24 heavy (non-hydrogen) atoms. The fraction of sp³-hybridized carbons (Fsp3) is 0.350. The van der Waals surface area contributed by atoms with E-state index in [0.29, 0.717) is 5.56 Å². The second-order valence-electron chi connectivity index (χ2n) is 6.66. The van der Waals surface area contributed by atoms with Gasteiger partial charge in [-0.05, 0) is 44.9 Å². The zero-order valence-corrected chi connectivity index (χ0v) is 14.6. The van der Waals surface area contributed by atoms with Crippen molar-refractivity contribution in [1.29, 1.82) is 0 Å². The SMILES string of the molecule is CCc1ccc(-c2cccc(C(=O)CC(=O)OC(C)(C)C)c2)cn1. The number of nitrogens with zero attached hydrogens (tertiary/aromatic N) is 1. The molecule has 0 saturated carbocycles. The van der Waals surface area contributed by atoms with Crippen molar-refractivity contribution < 1.29 is 14.3 Å². The van der Waals surface area contributed by atoms with E-state index in [0.717, 1.165) is 23.2 Å². The Kier molecular flexibility index (Phi) is 5.50. The molecule has 4 heteroatoms. The molecular formula is C20H23NO3. The van der Waals surface area contributed by atoms with E-state index in [1.54, 1.807) is 39.1 Å². The predicted octanol–water partition coefficient (Wildman–Crippen LogP) is 4.23. The molecule has 0 saturated heterocycles. The molecule has 126 valence electrons. The van der Waals surface area contributed by atoms with Crippen molar-refractivity contribution in [3.63, 3.8) is 0 Å². The summed E-state index contributed by atoms with van der Waals surface area (Å²) in [5, 5.41) is 0. The van der Waals surface area contributed by atoms with Crippen molar-refractivity contribution >= 4 is 11.8 Å². The van der Waals surface area contributed by atoms with Gasteiger partial charge in [-0.2, -0.15) is 0 Å². The molecule has 2 aromatic rings. The van der Waals surface area contributed by atoms with Crippen molar-refractivity contribution in [2.75, 3.05) is 0 Å². The van der Waals surface area contributed by atoms with E-state index >= 15 is 0 Å². The highest BCUT2D eigenvalue weighted by Crippen LogP contribution is 2.21. The number of ketones is 1. The number of hydrogen-bond donors (Lipinski definition) is 0. The molecule has 1 aromatic carbocycles. The maximum atomic E-state index is 12.3. The van der Waals surface area contributed by atoms with Crippen LogP contribution in [0.4, 0.5) is 0 Å². The lowest BCUT2D eigenvalue weighted by Gasteiger charge is -2.19. The van der Waals surface area contributed by atoms with Gasteiger partial charge in [0.2, 0.25) is 0 Å². The third-order valence-corrected chi connectivity index (χ3v) is 3.43. The summed E-state index contributed by atoms with van der Waals surface area (Å²) in [5.41, 5.74) is 2.78. The van der Waals surface area contributed by atoms with Gasteiger partial charge in [-0.15, -0.1) is 0 Å². The highest BCUT2D eigenvalue weighted by molar-refractivity contribution is 6.06. The van der Waals surface area contributed by atoms with Crippen molar-refractivity contribution in [3.05, 3.63) is 53.9 Å². The minimum absolute atomic E-state index is 0.246. The number of benzene rings is 1. The fourth-order valence-corrected chi connectivity index (χ4v) is 2.29. The highest BCUT2D eigenvalue weighted by Gasteiger charge is 2.19. The van der Waals surface area contributed by atoms with E-state index in [-0.39, 0.29) is 12.2 Å². The Morgan fingerprint density at radius 3 is 2.42 bits per heavy atom. The number of pyridine rings is 1. The topological polar surface area (TPSA) is 56.3 Å². The number of carbonyl (C=O) groups excluding carboxylic acids is 2. The molecule has 0 radical (unpaired) electrons. The number of aromatic nitrogens is 1. The predicted molar refractivity (Wildman–Crippen MR) is 93.8 cm³/mol. The molecular weight excluding hydrogens is 302 g/mol. The van der Waals surface area contributed by atoms with Crippen LogP contribution >= 0.6 is 0 Å². The maximum Gasteiger partial charge on any atom is 0.314 e. The van der Waals surface area contributed by atoms with Crippen LogP contribution in [-0.2, 0) is 16.0 Å². The van der Waals surface area contributed by atoms with Crippen LogP contribution < -0.4 is 0 Å².